The predicted molar refractivity (Wildman–Crippen MR) is 91.3 cm³/mol. The van der Waals surface area contributed by atoms with E-state index in [9.17, 15) is 15.2 Å². The van der Waals surface area contributed by atoms with Crippen molar-refractivity contribution in [1.82, 2.24) is 29.2 Å². The van der Waals surface area contributed by atoms with E-state index in [1.165, 1.54) is 16.9 Å². The Labute approximate surface area is 147 Å². The molecule has 0 radical (unpaired) electrons. The monoisotopic (exact) mass is 347 g/mol. The highest BCUT2D eigenvalue weighted by Gasteiger charge is 2.19. The zero-order chi connectivity index (χ0) is 18.4. The number of nitriles is 1. The van der Waals surface area contributed by atoms with E-state index in [1.807, 2.05) is 19.3 Å². The molecule has 0 atom stereocenters. The number of carboxylic acids is 1. The number of hydrogen-bond donors (Lipinski definition) is 1. The lowest BCUT2D eigenvalue weighted by atomic mass is 10.0. The summed E-state index contributed by atoms with van der Waals surface area (Å²) in [5, 5.41) is 31.4. The highest BCUT2D eigenvalue weighted by molar-refractivity contribution is 5.91. The van der Waals surface area contributed by atoms with Gasteiger partial charge in [0.15, 0.2) is 0 Å². The number of aromatic carboxylic acids is 1. The van der Waals surface area contributed by atoms with Gasteiger partial charge in [-0.2, -0.15) is 20.6 Å². The second-order valence-corrected chi connectivity index (χ2v) is 5.85. The van der Waals surface area contributed by atoms with Crippen molar-refractivity contribution in [1.29, 1.82) is 5.26 Å². The van der Waals surface area contributed by atoms with E-state index in [0.29, 0.717) is 22.3 Å². The van der Waals surface area contributed by atoms with Crippen LogP contribution in [0.2, 0.25) is 0 Å². The van der Waals surface area contributed by atoms with Gasteiger partial charge in [0.2, 0.25) is 0 Å². The number of nitrogens with zero attached hydrogens (tertiary/aromatic N) is 7. The molecule has 26 heavy (non-hydrogen) atoms. The number of carboxylic acid groups (broad SMARTS) is 1. The lowest BCUT2D eigenvalue weighted by Crippen LogP contribution is -2.04. The smallest absolute Gasteiger partial charge is 0.354 e. The molecule has 9 nitrogen and oxygen atoms in total. The van der Waals surface area contributed by atoms with Gasteiger partial charge in [0.05, 0.1) is 29.2 Å². The molecule has 0 saturated carbocycles. The Hall–Kier alpha value is -3.93. The van der Waals surface area contributed by atoms with Gasteiger partial charge in [0.1, 0.15) is 11.8 Å². The summed E-state index contributed by atoms with van der Waals surface area (Å²) in [6.45, 7) is 0. The topological polar surface area (TPSA) is 114 Å². The molecule has 0 amide bonds. The summed E-state index contributed by atoms with van der Waals surface area (Å²) in [5.41, 5.74) is 3.81. The largest absolute Gasteiger partial charge is 0.477 e. The van der Waals surface area contributed by atoms with Crippen LogP contribution in [0.15, 0.2) is 36.9 Å². The molecular weight excluding hydrogens is 334 g/mol. The van der Waals surface area contributed by atoms with Crippen LogP contribution in [0.1, 0.15) is 16.1 Å². The third kappa shape index (κ3) is 2.32. The third-order valence-electron chi connectivity index (χ3n) is 4.15. The Kier molecular flexibility index (Phi) is 3.33. The fraction of sp³-hybridized carbons (Fsp3) is 0.118. The van der Waals surface area contributed by atoms with E-state index in [2.05, 4.69) is 21.4 Å². The summed E-state index contributed by atoms with van der Waals surface area (Å²) in [6.07, 6.45) is 6.87. The van der Waals surface area contributed by atoms with Crippen molar-refractivity contribution in [3.8, 4) is 28.5 Å². The molecule has 0 aromatic carbocycles. The summed E-state index contributed by atoms with van der Waals surface area (Å²) >= 11 is 0. The van der Waals surface area contributed by atoms with Crippen molar-refractivity contribution in [3.63, 3.8) is 0 Å². The van der Waals surface area contributed by atoms with Gasteiger partial charge in [-0.1, -0.05) is 0 Å². The molecule has 1 N–H and O–H groups in total. The van der Waals surface area contributed by atoms with Crippen molar-refractivity contribution in [2.45, 2.75) is 0 Å². The number of pyridine rings is 1. The molecule has 0 unspecified atom stereocenters. The fourth-order valence-corrected chi connectivity index (χ4v) is 2.93. The van der Waals surface area contributed by atoms with E-state index >= 15 is 0 Å². The standard InChI is InChI=1S/C17H13N7O2/c1-22-8-12(7-19-22)10-3-13(14-4-15(17(25)26)23(2)21-14)16-11(5-18)6-20-24(16)9-10/h3-4,6-9H,1-2H3,(H,25,26). The first kappa shape index (κ1) is 15.6. The van der Waals surface area contributed by atoms with Gasteiger partial charge in [0, 0.05) is 43.2 Å². The van der Waals surface area contributed by atoms with E-state index in [4.69, 9.17) is 0 Å². The second-order valence-electron chi connectivity index (χ2n) is 5.85. The van der Waals surface area contributed by atoms with Crippen LogP contribution in [-0.4, -0.2) is 40.3 Å². The van der Waals surface area contributed by atoms with Crippen molar-refractivity contribution in [2.24, 2.45) is 14.1 Å². The first-order chi connectivity index (χ1) is 12.5. The maximum Gasteiger partial charge on any atom is 0.354 e. The average molecular weight is 347 g/mol. The average Bonchev–Trinajstić information content (AvgIpc) is 3.31. The Morgan fingerprint density at radius 2 is 1.96 bits per heavy atom. The van der Waals surface area contributed by atoms with Crippen LogP contribution in [0.25, 0.3) is 27.9 Å². The van der Waals surface area contributed by atoms with Crippen molar-refractivity contribution >= 4 is 11.5 Å². The zero-order valence-electron chi connectivity index (χ0n) is 14.0. The molecule has 0 bridgehead atoms. The molecule has 4 aromatic rings. The lowest BCUT2D eigenvalue weighted by Gasteiger charge is -2.06. The predicted octanol–water partition coefficient (Wildman–Crippen LogP) is 1.71. The normalized spacial score (nSPS) is 11.0. The van der Waals surface area contributed by atoms with Gasteiger partial charge >= 0.3 is 5.97 Å². The number of rotatable bonds is 3. The van der Waals surface area contributed by atoms with E-state index in [0.717, 1.165) is 11.1 Å². The number of hydrogen-bond acceptors (Lipinski definition) is 5. The Morgan fingerprint density at radius 3 is 2.58 bits per heavy atom. The van der Waals surface area contributed by atoms with E-state index < -0.39 is 5.97 Å². The van der Waals surface area contributed by atoms with Crippen LogP contribution in [-0.2, 0) is 14.1 Å². The Bertz CT molecular complexity index is 1210. The van der Waals surface area contributed by atoms with Crippen molar-refractivity contribution in [3.05, 3.63) is 48.2 Å². The maximum atomic E-state index is 11.4. The van der Waals surface area contributed by atoms with Crippen LogP contribution >= 0.6 is 0 Å². The SMILES string of the molecule is Cn1cc(-c2cc(-c3cc(C(=O)O)n(C)n3)c3c(C#N)cnn3c2)cn1. The van der Waals surface area contributed by atoms with Crippen LogP contribution in [0.3, 0.4) is 0 Å². The van der Waals surface area contributed by atoms with Crippen LogP contribution in [0.4, 0.5) is 0 Å². The fourth-order valence-electron chi connectivity index (χ4n) is 2.93. The lowest BCUT2D eigenvalue weighted by molar-refractivity contribution is 0.0685. The summed E-state index contributed by atoms with van der Waals surface area (Å²) < 4.78 is 4.59. The van der Waals surface area contributed by atoms with E-state index in [1.54, 1.807) is 28.6 Å². The molecule has 4 aromatic heterocycles. The molecule has 0 aliphatic carbocycles. The van der Waals surface area contributed by atoms with Crippen molar-refractivity contribution < 1.29 is 9.90 Å². The van der Waals surface area contributed by atoms with Gasteiger partial charge in [0.25, 0.3) is 0 Å². The Morgan fingerprint density at radius 1 is 1.15 bits per heavy atom. The highest BCUT2D eigenvalue weighted by atomic mass is 16.4. The van der Waals surface area contributed by atoms with Gasteiger partial charge in [-0.15, -0.1) is 0 Å². The zero-order valence-corrected chi connectivity index (χ0v) is 14.0. The number of aryl methyl sites for hydroxylation is 2. The molecule has 0 aliphatic heterocycles. The Balaban J connectivity index is 2.02. The first-order valence-electron chi connectivity index (χ1n) is 7.66. The van der Waals surface area contributed by atoms with Gasteiger partial charge in [-0.25, -0.2) is 9.31 Å². The molecule has 0 saturated heterocycles. The van der Waals surface area contributed by atoms with Crippen molar-refractivity contribution in [2.75, 3.05) is 0 Å². The molecule has 0 aliphatic rings. The first-order valence-corrected chi connectivity index (χ1v) is 7.66. The number of aromatic nitrogens is 6. The molecule has 4 heterocycles. The molecule has 9 heteroatoms. The number of fused-ring (bicyclic) bond motifs is 1. The minimum atomic E-state index is -1.07. The second kappa shape index (κ2) is 5.56. The molecule has 0 spiro atoms. The number of carbonyl (C=O) groups is 1. The van der Waals surface area contributed by atoms with E-state index in [-0.39, 0.29) is 5.69 Å². The quantitative estimate of drug-likeness (QED) is 0.603. The highest BCUT2D eigenvalue weighted by Crippen LogP contribution is 2.31. The van der Waals surface area contributed by atoms with Gasteiger partial charge < -0.3 is 5.11 Å². The summed E-state index contributed by atoms with van der Waals surface area (Å²) in [5.74, 6) is -1.07. The summed E-state index contributed by atoms with van der Waals surface area (Å²) in [6, 6.07) is 5.47. The van der Waals surface area contributed by atoms with Gasteiger partial charge in [-0.3, -0.25) is 9.36 Å². The van der Waals surface area contributed by atoms with Gasteiger partial charge in [-0.05, 0) is 12.1 Å². The summed E-state index contributed by atoms with van der Waals surface area (Å²) in [4.78, 5) is 11.4. The molecule has 0 fully saturated rings. The molecule has 4 rings (SSSR count). The van der Waals surface area contributed by atoms with Crippen LogP contribution in [0, 0.1) is 11.3 Å². The summed E-state index contributed by atoms with van der Waals surface area (Å²) in [7, 11) is 3.39. The molecular formula is C17H13N7O2. The third-order valence-corrected chi connectivity index (χ3v) is 4.15. The molecule has 128 valence electrons. The minimum Gasteiger partial charge on any atom is -0.477 e. The minimum absolute atomic E-state index is 0.0583. The van der Waals surface area contributed by atoms with Crippen LogP contribution in [0.5, 0.6) is 0 Å². The van der Waals surface area contributed by atoms with Crippen LogP contribution < -0.4 is 0 Å². The maximum absolute atomic E-state index is 11.4.